The van der Waals surface area contributed by atoms with Gasteiger partial charge in [0.05, 0.1) is 13.2 Å². The monoisotopic (exact) mass is 286 g/mol. The van der Waals surface area contributed by atoms with E-state index in [1.165, 1.54) is 0 Å². The number of nitrogens with two attached hydrogens (primary N) is 1. The zero-order valence-corrected chi connectivity index (χ0v) is 12.5. The first kappa shape index (κ1) is 17.7. The van der Waals surface area contributed by atoms with Crippen molar-refractivity contribution in [1.82, 2.24) is 5.32 Å². The summed E-state index contributed by atoms with van der Waals surface area (Å²) in [5.41, 5.74) is 6.84. The summed E-state index contributed by atoms with van der Waals surface area (Å²) in [6.07, 6.45) is 0.737. The van der Waals surface area contributed by atoms with Crippen molar-refractivity contribution in [3.8, 4) is 5.75 Å². The Hall–Kier alpha value is -1.26. The van der Waals surface area contributed by atoms with Crippen LogP contribution in [0, 0.1) is 5.92 Å². The van der Waals surface area contributed by atoms with Gasteiger partial charge < -0.3 is 15.8 Å². The minimum atomic E-state index is -0.442. The fourth-order valence-corrected chi connectivity index (χ4v) is 1.65. The first-order valence-corrected chi connectivity index (χ1v) is 6.21. The summed E-state index contributed by atoms with van der Waals surface area (Å²) in [5, 5.41) is 2.84. The number of carbonyl (C=O) groups excluding carboxylic acids is 1. The second-order valence-corrected chi connectivity index (χ2v) is 4.62. The molecular formula is C14H23ClN2O2. The average Bonchev–Trinajstić information content (AvgIpc) is 2.38. The Morgan fingerprint density at radius 1 is 1.37 bits per heavy atom. The molecule has 5 heteroatoms. The molecule has 1 aromatic carbocycles. The van der Waals surface area contributed by atoms with Gasteiger partial charge in [0.1, 0.15) is 5.75 Å². The number of rotatable bonds is 6. The van der Waals surface area contributed by atoms with Crippen LogP contribution in [0.3, 0.4) is 0 Å². The van der Waals surface area contributed by atoms with Crippen molar-refractivity contribution >= 4 is 18.3 Å². The van der Waals surface area contributed by atoms with Gasteiger partial charge in [0.25, 0.3) is 0 Å². The maximum absolute atomic E-state index is 11.7. The smallest absolute Gasteiger partial charge is 0.237 e. The van der Waals surface area contributed by atoms with Gasteiger partial charge in [0.2, 0.25) is 5.91 Å². The summed E-state index contributed by atoms with van der Waals surface area (Å²) in [6, 6.07) is 7.35. The summed E-state index contributed by atoms with van der Waals surface area (Å²) < 4.78 is 5.25. The highest BCUT2D eigenvalue weighted by atomic mass is 35.5. The third-order valence-electron chi connectivity index (χ3n) is 2.91. The van der Waals surface area contributed by atoms with E-state index in [4.69, 9.17) is 10.5 Å². The van der Waals surface area contributed by atoms with E-state index in [0.29, 0.717) is 6.54 Å². The van der Waals surface area contributed by atoms with Gasteiger partial charge in [0, 0.05) is 6.54 Å². The number of nitrogens with one attached hydrogen (secondary N) is 1. The molecule has 0 aliphatic heterocycles. The van der Waals surface area contributed by atoms with Crippen LogP contribution in [-0.4, -0.2) is 25.6 Å². The standard InChI is InChI=1S/C14H22N2O2.ClH/c1-10(2)13(15)14(17)16-9-8-11-6-4-5-7-12(11)18-3;/h4-7,10,13H,8-9,15H2,1-3H3,(H,16,17);1H. The van der Waals surface area contributed by atoms with E-state index in [9.17, 15) is 4.79 Å². The third kappa shape index (κ3) is 5.49. The molecular weight excluding hydrogens is 264 g/mol. The molecule has 19 heavy (non-hydrogen) atoms. The Labute approximate surface area is 121 Å². The SMILES string of the molecule is COc1ccccc1CCNC(=O)C(N)C(C)C.Cl. The van der Waals surface area contributed by atoms with E-state index in [0.717, 1.165) is 17.7 Å². The lowest BCUT2D eigenvalue weighted by atomic mass is 10.0. The molecule has 4 nitrogen and oxygen atoms in total. The van der Waals surface area contributed by atoms with Crippen molar-refractivity contribution in [1.29, 1.82) is 0 Å². The molecule has 0 aliphatic carbocycles. The molecule has 0 saturated heterocycles. The van der Waals surface area contributed by atoms with Gasteiger partial charge in [-0.2, -0.15) is 0 Å². The summed E-state index contributed by atoms with van der Waals surface area (Å²) in [7, 11) is 1.64. The van der Waals surface area contributed by atoms with Gasteiger partial charge in [-0.1, -0.05) is 32.0 Å². The number of ether oxygens (including phenoxy) is 1. The molecule has 108 valence electrons. The molecule has 3 N–H and O–H groups in total. The second kappa shape index (κ2) is 8.77. The molecule has 1 rings (SSSR count). The highest BCUT2D eigenvalue weighted by Crippen LogP contribution is 2.17. The van der Waals surface area contributed by atoms with Crippen LogP contribution < -0.4 is 15.8 Å². The first-order valence-electron chi connectivity index (χ1n) is 6.21. The Balaban J connectivity index is 0.00000324. The van der Waals surface area contributed by atoms with Gasteiger partial charge in [-0.05, 0) is 24.0 Å². The molecule has 1 unspecified atom stereocenters. The molecule has 0 spiro atoms. The summed E-state index contributed by atoms with van der Waals surface area (Å²) in [4.78, 5) is 11.7. The van der Waals surface area contributed by atoms with Gasteiger partial charge in [0.15, 0.2) is 0 Å². The largest absolute Gasteiger partial charge is 0.496 e. The molecule has 0 saturated carbocycles. The normalized spacial score (nSPS) is 11.6. The zero-order valence-electron chi connectivity index (χ0n) is 11.7. The minimum absolute atomic E-state index is 0. The van der Waals surface area contributed by atoms with E-state index < -0.39 is 6.04 Å². The van der Waals surface area contributed by atoms with Crippen LogP contribution in [0.15, 0.2) is 24.3 Å². The predicted molar refractivity (Wildman–Crippen MR) is 79.8 cm³/mol. The van der Waals surface area contributed by atoms with E-state index >= 15 is 0 Å². The fraction of sp³-hybridized carbons (Fsp3) is 0.500. The van der Waals surface area contributed by atoms with E-state index in [1.54, 1.807) is 7.11 Å². The third-order valence-corrected chi connectivity index (χ3v) is 2.91. The zero-order chi connectivity index (χ0) is 13.5. The molecule has 0 aromatic heterocycles. The summed E-state index contributed by atoms with van der Waals surface area (Å²) >= 11 is 0. The lowest BCUT2D eigenvalue weighted by molar-refractivity contribution is -0.123. The molecule has 0 heterocycles. The van der Waals surface area contributed by atoms with E-state index in [2.05, 4.69) is 5.32 Å². The molecule has 1 atom stereocenters. The van der Waals surface area contributed by atoms with Crippen LogP contribution in [0.5, 0.6) is 5.75 Å². The Morgan fingerprint density at radius 3 is 2.58 bits per heavy atom. The van der Waals surface area contributed by atoms with Crippen LogP contribution in [0.25, 0.3) is 0 Å². The Bertz CT molecular complexity index is 397. The predicted octanol–water partition coefficient (Wildman–Crippen LogP) is 1.76. The Morgan fingerprint density at radius 2 is 2.00 bits per heavy atom. The summed E-state index contributed by atoms with van der Waals surface area (Å²) in [6.45, 7) is 4.44. The maximum atomic E-state index is 11.7. The molecule has 0 fully saturated rings. The highest BCUT2D eigenvalue weighted by Gasteiger charge is 2.16. The fourth-order valence-electron chi connectivity index (χ4n) is 1.65. The number of para-hydroxylation sites is 1. The molecule has 1 aromatic rings. The highest BCUT2D eigenvalue weighted by molar-refractivity contribution is 5.85. The lowest BCUT2D eigenvalue weighted by Crippen LogP contribution is -2.44. The number of benzene rings is 1. The van der Waals surface area contributed by atoms with Crippen molar-refractivity contribution in [3.05, 3.63) is 29.8 Å². The number of carbonyl (C=O) groups is 1. The lowest BCUT2D eigenvalue weighted by Gasteiger charge is -2.15. The van der Waals surface area contributed by atoms with Crippen molar-refractivity contribution in [2.24, 2.45) is 11.7 Å². The quantitative estimate of drug-likeness (QED) is 0.837. The van der Waals surface area contributed by atoms with Crippen LogP contribution in [-0.2, 0) is 11.2 Å². The number of amides is 1. The van der Waals surface area contributed by atoms with Crippen LogP contribution in [0.2, 0.25) is 0 Å². The van der Waals surface area contributed by atoms with Crippen LogP contribution in [0.1, 0.15) is 19.4 Å². The van der Waals surface area contributed by atoms with E-state index in [1.807, 2.05) is 38.1 Å². The van der Waals surface area contributed by atoms with Crippen LogP contribution in [0.4, 0.5) is 0 Å². The van der Waals surface area contributed by atoms with Gasteiger partial charge in [-0.15, -0.1) is 12.4 Å². The molecule has 0 bridgehead atoms. The van der Waals surface area contributed by atoms with Gasteiger partial charge in [-0.3, -0.25) is 4.79 Å². The van der Waals surface area contributed by atoms with Gasteiger partial charge >= 0.3 is 0 Å². The van der Waals surface area contributed by atoms with Gasteiger partial charge in [-0.25, -0.2) is 0 Å². The van der Waals surface area contributed by atoms with Crippen LogP contribution >= 0.6 is 12.4 Å². The number of hydrogen-bond donors (Lipinski definition) is 2. The first-order chi connectivity index (χ1) is 8.56. The maximum Gasteiger partial charge on any atom is 0.237 e. The summed E-state index contributed by atoms with van der Waals surface area (Å²) in [5.74, 6) is 0.899. The topological polar surface area (TPSA) is 64.3 Å². The average molecular weight is 287 g/mol. The minimum Gasteiger partial charge on any atom is -0.496 e. The van der Waals surface area contributed by atoms with Crippen molar-refractivity contribution in [3.63, 3.8) is 0 Å². The Kier molecular flexibility index (Phi) is 8.19. The van der Waals surface area contributed by atoms with Crippen molar-refractivity contribution in [2.75, 3.05) is 13.7 Å². The second-order valence-electron chi connectivity index (χ2n) is 4.62. The molecule has 1 amide bonds. The van der Waals surface area contributed by atoms with Crippen molar-refractivity contribution in [2.45, 2.75) is 26.3 Å². The molecule has 0 aliphatic rings. The van der Waals surface area contributed by atoms with E-state index in [-0.39, 0.29) is 24.2 Å². The molecule has 0 radical (unpaired) electrons. The number of halogens is 1. The van der Waals surface area contributed by atoms with Crippen molar-refractivity contribution < 1.29 is 9.53 Å². The number of methoxy groups -OCH3 is 1. The number of hydrogen-bond acceptors (Lipinski definition) is 3.